The first kappa shape index (κ1) is 22.2. The highest BCUT2D eigenvalue weighted by molar-refractivity contribution is 14.0. The minimum atomic E-state index is 0. The summed E-state index contributed by atoms with van der Waals surface area (Å²) in [4.78, 5) is 7.03. The van der Waals surface area contributed by atoms with E-state index in [1.807, 2.05) is 6.92 Å². The minimum absolute atomic E-state index is 0. The van der Waals surface area contributed by atoms with Crippen LogP contribution in [0.5, 0.6) is 0 Å². The number of guanidine groups is 1. The number of rotatable bonds is 7. The van der Waals surface area contributed by atoms with E-state index >= 15 is 0 Å². The van der Waals surface area contributed by atoms with Crippen molar-refractivity contribution in [3.8, 4) is 0 Å². The van der Waals surface area contributed by atoms with Crippen molar-refractivity contribution >= 4 is 29.9 Å². The number of hydrogen-bond donors (Lipinski definition) is 2. The summed E-state index contributed by atoms with van der Waals surface area (Å²) in [6.45, 7) is 8.95. The molecule has 1 aromatic carbocycles. The van der Waals surface area contributed by atoms with E-state index in [2.05, 4.69) is 46.4 Å². The van der Waals surface area contributed by atoms with Gasteiger partial charge in [0.25, 0.3) is 0 Å². The second kappa shape index (κ2) is 11.7. The summed E-state index contributed by atoms with van der Waals surface area (Å²) in [5.74, 6) is 1.17. The number of halogens is 1. The molecule has 1 saturated heterocycles. The standard InChI is InChI=1S/C19H32N4O.HI/c1-15-4-6-18(7-5-15)13-23-10-8-17(9-11-23)12-21-19(20)22-16(2)14-24-3;/h4-7,16-17H,8-14H2,1-3H3,(H3,20,21,22);1H. The number of ether oxygens (including phenoxy) is 1. The SMILES string of the molecule is COCC(C)NC(N)=NCC1CCN(Cc2ccc(C)cc2)CC1.I. The molecule has 25 heavy (non-hydrogen) atoms. The second-order valence-electron chi connectivity index (χ2n) is 6.93. The highest BCUT2D eigenvalue weighted by Crippen LogP contribution is 2.19. The van der Waals surface area contributed by atoms with Gasteiger partial charge in [-0.25, -0.2) is 0 Å². The van der Waals surface area contributed by atoms with Crippen LogP contribution in [0.2, 0.25) is 0 Å². The van der Waals surface area contributed by atoms with Crippen molar-refractivity contribution in [1.29, 1.82) is 0 Å². The van der Waals surface area contributed by atoms with E-state index in [4.69, 9.17) is 10.5 Å². The first-order valence-corrected chi connectivity index (χ1v) is 8.90. The molecule has 0 bridgehead atoms. The molecule has 0 aliphatic carbocycles. The lowest BCUT2D eigenvalue weighted by atomic mass is 9.96. The van der Waals surface area contributed by atoms with Gasteiger partial charge in [0.2, 0.25) is 0 Å². The van der Waals surface area contributed by atoms with E-state index in [1.54, 1.807) is 7.11 Å². The van der Waals surface area contributed by atoms with Crippen LogP contribution in [0, 0.1) is 12.8 Å². The maximum atomic E-state index is 5.94. The van der Waals surface area contributed by atoms with Crippen LogP contribution < -0.4 is 11.1 Å². The Morgan fingerprint density at radius 3 is 2.56 bits per heavy atom. The number of nitrogens with zero attached hydrogens (tertiary/aromatic N) is 2. The zero-order valence-corrected chi connectivity index (χ0v) is 18.0. The molecular formula is C19H33IN4O. The van der Waals surface area contributed by atoms with Gasteiger partial charge in [0, 0.05) is 26.2 Å². The van der Waals surface area contributed by atoms with E-state index in [1.165, 1.54) is 24.0 Å². The summed E-state index contributed by atoms with van der Waals surface area (Å²) < 4.78 is 5.09. The molecule has 3 N–H and O–H groups in total. The van der Waals surface area contributed by atoms with Crippen LogP contribution in [0.4, 0.5) is 0 Å². The smallest absolute Gasteiger partial charge is 0.188 e. The first-order chi connectivity index (χ1) is 11.6. The Morgan fingerprint density at radius 1 is 1.32 bits per heavy atom. The van der Waals surface area contributed by atoms with Crippen LogP contribution in [-0.2, 0) is 11.3 Å². The van der Waals surface area contributed by atoms with Gasteiger partial charge >= 0.3 is 0 Å². The summed E-state index contributed by atoms with van der Waals surface area (Å²) in [6, 6.07) is 9.04. The number of nitrogens with one attached hydrogen (secondary N) is 1. The molecule has 0 saturated carbocycles. The molecular weight excluding hydrogens is 427 g/mol. The quantitative estimate of drug-likeness (QED) is 0.373. The predicted octanol–water partition coefficient (Wildman–Crippen LogP) is 2.76. The first-order valence-electron chi connectivity index (χ1n) is 8.90. The normalized spacial score (nSPS) is 17.8. The van der Waals surface area contributed by atoms with Crippen molar-refractivity contribution in [2.75, 3.05) is 33.4 Å². The number of benzene rings is 1. The lowest BCUT2D eigenvalue weighted by Crippen LogP contribution is -2.41. The number of hydrogen-bond acceptors (Lipinski definition) is 3. The lowest BCUT2D eigenvalue weighted by Gasteiger charge is -2.31. The van der Waals surface area contributed by atoms with Crippen LogP contribution in [-0.4, -0.2) is 50.3 Å². The number of aryl methyl sites for hydroxylation is 1. The molecule has 1 aromatic rings. The number of nitrogens with two attached hydrogens (primary N) is 1. The van der Waals surface area contributed by atoms with Crippen LogP contribution in [0.3, 0.4) is 0 Å². The molecule has 5 nitrogen and oxygen atoms in total. The molecule has 0 aromatic heterocycles. The van der Waals surface area contributed by atoms with Crippen molar-refractivity contribution in [2.45, 2.75) is 39.3 Å². The highest BCUT2D eigenvalue weighted by Gasteiger charge is 2.19. The van der Waals surface area contributed by atoms with Gasteiger partial charge in [-0.15, -0.1) is 24.0 Å². The number of aliphatic imine (C=N–C) groups is 1. The van der Waals surface area contributed by atoms with E-state index in [9.17, 15) is 0 Å². The van der Waals surface area contributed by atoms with Gasteiger partial charge in [-0.2, -0.15) is 0 Å². The molecule has 6 heteroatoms. The predicted molar refractivity (Wildman–Crippen MR) is 116 cm³/mol. The van der Waals surface area contributed by atoms with Crippen LogP contribution >= 0.6 is 24.0 Å². The molecule has 0 amide bonds. The zero-order valence-electron chi connectivity index (χ0n) is 15.7. The highest BCUT2D eigenvalue weighted by atomic mass is 127. The third-order valence-corrected chi connectivity index (χ3v) is 4.56. The summed E-state index contributed by atoms with van der Waals surface area (Å²) >= 11 is 0. The van der Waals surface area contributed by atoms with Crippen molar-refractivity contribution in [2.24, 2.45) is 16.6 Å². The fourth-order valence-corrected chi connectivity index (χ4v) is 3.10. The van der Waals surface area contributed by atoms with Gasteiger partial charge in [-0.3, -0.25) is 9.89 Å². The van der Waals surface area contributed by atoms with E-state index in [-0.39, 0.29) is 30.0 Å². The monoisotopic (exact) mass is 460 g/mol. The molecule has 0 spiro atoms. The van der Waals surface area contributed by atoms with Crippen LogP contribution in [0.25, 0.3) is 0 Å². The third-order valence-electron chi connectivity index (χ3n) is 4.56. The molecule has 1 heterocycles. The minimum Gasteiger partial charge on any atom is -0.383 e. The Hall–Kier alpha value is -0.860. The topological polar surface area (TPSA) is 62.9 Å². The Labute approximate surface area is 169 Å². The van der Waals surface area contributed by atoms with Gasteiger partial charge in [0.05, 0.1) is 6.61 Å². The molecule has 142 valence electrons. The Kier molecular flexibility index (Phi) is 10.4. The average Bonchev–Trinajstić information content (AvgIpc) is 2.56. The van der Waals surface area contributed by atoms with Crippen molar-refractivity contribution < 1.29 is 4.74 Å². The molecule has 2 rings (SSSR count). The van der Waals surface area contributed by atoms with E-state index in [0.29, 0.717) is 18.5 Å². The number of piperidine rings is 1. The Balaban J connectivity index is 0.00000312. The summed E-state index contributed by atoms with van der Waals surface area (Å²) in [6.07, 6.45) is 2.38. The molecule has 1 aliphatic heterocycles. The fraction of sp³-hybridized carbons (Fsp3) is 0.632. The van der Waals surface area contributed by atoms with Gasteiger partial charge in [-0.1, -0.05) is 29.8 Å². The van der Waals surface area contributed by atoms with Gasteiger partial charge in [0.15, 0.2) is 5.96 Å². The maximum Gasteiger partial charge on any atom is 0.188 e. The van der Waals surface area contributed by atoms with Gasteiger partial charge in [0.1, 0.15) is 0 Å². The van der Waals surface area contributed by atoms with E-state index in [0.717, 1.165) is 26.2 Å². The van der Waals surface area contributed by atoms with Crippen LogP contribution in [0.1, 0.15) is 30.9 Å². The summed E-state index contributed by atoms with van der Waals surface area (Å²) in [5, 5.41) is 3.16. The third kappa shape index (κ3) is 8.37. The molecule has 1 fully saturated rings. The summed E-state index contributed by atoms with van der Waals surface area (Å²) in [5.41, 5.74) is 8.66. The summed E-state index contributed by atoms with van der Waals surface area (Å²) in [7, 11) is 1.69. The van der Waals surface area contributed by atoms with Crippen LogP contribution in [0.15, 0.2) is 29.3 Å². The lowest BCUT2D eigenvalue weighted by molar-refractivity contribution is 0.178. The Bertz CT molecular complexity index is 513. The molecule has 1 unspecified atom stereocenters. The second-order valence-corrected chi connectivity index (χ2v) is 6.93. The van der Waals surface area contributed by atoms with Gasteiger partial charge in [-0.05, 0) is 51.3 Å². The average molecular weight is 460 g/mol. The largest absolute Gasteiger partial charge is 0.383 e. The fourth-order valence-electron chi connectivity index (χ4n) is 3.10. The number of methoxy groups -OCH3 is 1. The molecule has 1 atom stereocenters. The zero-order chi connectivity index (χ0) is 17.4. The maximum absolute atomic E-state index is 5.94. The number of likely N-dealkylation sites (tertiary alicyclic amines) is 1. The molecule has 1 aliphatic rings. The molecule has 0 radical (unpaired) electrons. The van der Waals surface area contributed by atoms with Crippen molar-refractivity contribution in [1.82, 2.24) is 10.2 Å². The Morgan fingerprint density at radius 2 is 1.96 bits per heavy atom. The van der Waals surface area contributed by atoms with Gasteiger partial charge < -0.3 is 15.8 Å². The van der Waals surface area contributed by atoms with Crippen molar-refractivity contribution in [3.05, 3.63) is 35.4 Å². The van der Waals surface area contributed by atoms with Crippen molar-refractivity contribution in [3.63, 3.8) is 0 Å². The van der Waals surface area contributed by atoms with E-state index < -0.39 is 0 Å².